The predicted octanol–water partition coefficient (Wildman–Crippen LogP) is 3.69. The van der Waals surface area contributed by atoms with Gasteiger partial charge in [-0.05, 0) is 55.2 Å². The minimum absolute atomic E-state index is 0.0957. The number of piperidine rings is 1. The Morgan fingerprint density at radius 1 is 1.20 bits per heavy atom. The molecular weight excluding hydrogens is 450 g/mol. The average Bonchev–Trinajstić information content (AvgIpc) is 3.40. The van der Waals surface area contributed by atoms with Gasteiger partial charge in [-0.25, -0.2) is 4.63 Å². The normalized spacial score (nSPS) is 24.0. The number of anilines is 1. The van der Waals surface area contributed by atoms with E-state index in [2.05, 4.69) is 53.5 Å². The monoisotopic (exact) mass is 479 g/mol. The summed E-state index contributed by atoms with van der Waals surface area (Å²) in [5.74, 6) is -0.235. The molecule has 4 atom stereocenters. The quantitative estimate of drug-likeness (QED) is 0.284. The molecule has 184 valence electrons. The first-order valence-corrected chi connectivity index (χ1v) is 11.9. The van der Waals surface area contributed by atoms with Crippen molar-refractivity contribution >= 4 is 28.4 Å². The van der Waals surface area contributed by atoms with Crippen LogP contribution < -0.4 is 4.90 Å². The van der Waals surface area contributed by atoms with Gasteiger partial charge in [-0.3, -0.25) is 19.8 Å². The number of fused-ring (bicyclic) bond motifs is 3. The van der Waals surface area contributed by atoms with E-state index >= 15 is 0 Å². The lowest BCUT2D eigenvalue weighted by Gasteiger charge is -2.42. The summed E-state index contributed by atoms with van der Waals surface area (Å²) in [4.78, 5) is 28.3. The van der Waals surface area contributed by atoms with Crippen LogP contribution in [0, 0.1) is 23.0 Å². The van der Waals surface area contributed by atoms with Crippen molar-refractivity contribution < 1.29 is 19.1 Å². The highest BCUT2D eigenvalue weighted by Gasteiger charge is 2.49. The molecule has 0 N–H and O–H groups in total. The molecule has 3 aromatic rings. The Hall–Kier alpha value is -3.53. The number of aryl methyl sites for hydroxylation is 1. The number of rotatable bonds is 7. The largest absolute Gasteiger partial charge is 0.464 e. The van der Waals surface area contributed by atoms with Gasteiger partial charge in [-0.2, -0.15) is 0 Å². The number of hydrogen-bond donors (Lipinski definition) is 0. The highest BCUT2D eigenvalue weighted by atomic mass is 16.6. The van der Waals surface area contributed by atoms with E-state index in [-0.39, 0.29) is 41.7 Å². The fraction of sp³-hybridized carbons (Fsp3) is 0.480. The van der Waals surface area contributed by atoms with Crippen molar-refractivity contribution in [2.75, 3.05) is 32.1 Å². The fourth-order valence-electron chi connectivity index (χ4n) is 5.74. The highest BCUT2D eigenvalue weighted by Crippen LogP contribution is 2.46. The Balaban J connectivity index is 1.29. The summed E-state index contributed by atoms with van der Waals surface area (Å²) in [6.07, 6.45) is 3.07. The van der Waals surface area contributed by atoms with Crippen molar-refractivity contribution in [2.24, 2.45) is 5.92 Å². The number of esters is 1. The van der Waals surface area contributed by atoms with Gasteiger partial charge in [0, 0.05) is 31.1 Å². The molecular formula is C25H29N5O5. The van der Waals surface area contributed by atoms with Crippen molar-refractivity contribution in [3.63, 3.8) is 0 Å². The molecule has 35 heavy (non-hydrogen) atoms. The van der Waals surface area contributed by atoms with Crippen LogP contribution in [0.1, 0.15) is 36.3 Å². The number of likely N-dealkylation sites (N-methyl/N-ethyl adjacent to an activating group) is 1. The van der Waals surface area contributed by atoms with Gasteiger partial charge >= 0.3 is 11.7 Å². The molecule has 5 rings (SSSR count). The number of hydrogen-bond acceptors (Lipinski definition) is 9. The zero-order valence-corrected chi connectivity index (χ0v) is 20.1. The third-order valence-corrected chi connectivity index (χ3v) is 7.70. The maximum atomic E-state index is 13.4. The number of carbonyl (C=O) groups is 1. The molecule has 0 spiro atoms. The van der Waals surface area contributed by atoms with Crippen molar-refractivity contribution in [3.8, 4) is 0 Å². The van der Waals surface area contributed by atoms with Crippen LogP contribution in [-0.2, 0) is 9.53 Å². The lowest BCUT2D eigenvalue weighted by molar-refractivity contribution is -0.383. The summed E-state index contributed by atoms with van der Waals surface area (Å²) in [7, 11) is 3.93. The minimum atomic E-state index is -0.517. The molecule has 2 unspecified atom stereocenters. The van der Waals surface area contributed by atoms with E-state index in [0.29, 0.717) is 23.8 Å². The number of nitro benzene ring substituents is 1. The molecule has 0 radical (unpaired) electrons. The van der Waals surface area contributed by atoms with Crippen LogP contribution in [0.5, 0.6) is 0 Å². The smallest absolute Gasteiger partial charge is 0.311 e. The molecule has 2 saturated heterocycles. The summed E-state index contributed by atoms with van der Waals surface area (Å²) < 4.78 is 10.6. The zero-order chi connectivity index (χ0) is 24.7. The summed E-state index contributed by atoms with van der Waals surface area (Å²) in [6, 6.07) is 12.2. The second-order valence-electron chi connectivity index (χ2n) is 9.65. The van der Waals surface area contributed by atoms with E-state index in [1.165, 1.54) is 17.2 Å². The average molecular weight is 480 g/mol. The van der Waals surface area contributed by atoms with Gasteiger partial charge in [0.15, 0.2) is 5.52 Å². The number of non-ortho nitro benzene ring substituents is 1. The molecule has 0 saturated carbocycles. The van der Waals surface area contributed by atoms with E-state index in [4.69, 9.17) is 9.37 Å². The van der Waals surface area contributed by atoms with Gasteiger partial charge in [0.25, 0.3) is 0 Å². The SMILES string of the molecule is Cc1ccc([C@H]2C[C@H]3CCC(C2C(=O)OCCN(C)c2ccc([N+](=O)[O-])c4nonc24)N3C)cc1. The molecule has 10 heteroatoms. The Kier molecular flexibility index (Phi) is 6.14. The maximum Gasteiger partial charge on any atom is 0.311 e. The van der Waals surface area contributed by atoms with Crippen LogP contribution >= 0.6 is 0 Å². The van der Waals surface area contributed by atoms with Gasteiger partial charge in [0.1, 0.15) is 6.61 Å². The standard InChI is InChI=1S/C25H29N5O5/c1-15-4-6-16(7-5-15)18-14-17-8-9-19(29(17)3)22(18)25(31)34-13-12-28(2)20-10-11-21(30(32)33)24-23(20)26-35-27-24/h4-7,10-11,17-19,22H,8-9,12-14H2,1-3H3/t17-,18-,19?,22?/m1/s1. The Labute approximate surface area is 202 Å². The lowest BCUT2D eigenvalue weighted by atomic mass is 9.76. The molecule has 2 bridgehead atoms. The van der Waals surface area contributed by atoms with Gasteiger partial charge in [0.2, 0.25) is 5.52 Å². The summed E-state index contributed by atoms with van der Waals surface area (Å²) in [5.41, 5.74) is 3.26. The maximum absolute atomic E-state index is 13.4. The van der Waals surface area contributed by atoms with Crippen LogP contribution in [0.4, 0.5) is 11.4 Å². The molecule has 0 amide bonds. The molecule has 2 aliphatic heterocycles. The first kappa shape index (κ1) is 23.2. The molecule has 2 aliphatic rings. The van der Waals surface area contributed by atoms with Crippen molar-refractivity contribution in [1.29, 1.82) is 0 Å². The first-order valence-electron chi connectivity index (χ1n) is 11.9. The molecule has 3 heterocycles. The summed E-state index contributed by atoms with van der Waals surface area (Å²) in [5, 5.41) is 18.8. The van der Waals surface area contributed by atoms with Crippen molar-refractivity contribution in [1.82, 2.24) is 15.2 Å². The van der Waals surface area contributed by atoms with E-state index in [1.807, 2.05) is 11.9 Å². The zero-order valence-electron chi connectivity index (χ0n) is 20.1. The predicted molar refractivity (Wildman–Crippen MR) is 129 cm³/mol. The van der Waals surface area contributed by atoms with E-state index in [1.54, 1.807) is 6.07 Å². The number of aromatic nitrogens is 2. The second-order valence-corrected chi connectivity index (χ2v) is 9.65. The number of benzene rings is 2. The Bertz CT molecular complexity index is 1240. The molecule has 2 aromatic carbocycles. The van der Waals surface area contributed by atoms with Crippen LogP contribution in [0.2, 0.25) is 0 Å². The van der Waals surface area contributed by atoms with Gasteiger partial charge < -0.3 is 9.64 Å². The number of carbonyl (C=O) groups excluding carboxylic acids is 1. The third-order valence-electron chi connectivity index (χ3n) is 7.70. The van der Waals surface area contributed by atoms with Gasteiger partial charge in [0.05, 0.1) is 23.1 Å². The van der Waals surface area contributed by atoms with Crippen LogP contribution in [-0.4, -0.2) is 65.4 Å². The Morgan fingerprint density at radius 3 is 2.69 bits per heavy atom. The first-order chi connectivity index (χ1) is 16.8. The lowest BCUT2D eigenvalue weighted by Crippen LogP contribution is -2.49. The summed E-state index contributed by atoms with van der Waals surface area (Å²) >= 11 is 0. The van der Waals surface area contributed by atoms with Crippen molar-refractivity contribution in [3.05, 3.63) is 57.6 Å². The van der Waals surface area contributed by atoms with Gasteiger partial charge in [-0.1, -0.05) is 29.8 Å². The van der Waals surface area contributed by atoms with Crippen LogP contribution in [0.3, 0.4) is 0 Å². The number of nitrogens with zero attached hydrogens (tertiary/aromatic N) is 5. The summed E-state index contributed by atoms with van der Waals surface area (Å²) in [6.45, 7) is 2.66. The molecule has 1 aromatic heterocycles. The number of ether oxygens (including phenoxy) is 1. The van der Waals surface area contributed by atoms with E-state index in [9.17, 15) is 14.9 Å². The topological polar surface area (TPSA) is 115 Å². The highest BCUT2D eigenvalue weighted by molar-refractivity contribution is 5.93. The Morgan fingerprint density at radius 2 is 1.94 bits per heavy atom. The van der Waals surface area contributed by atoms with Crippen LogP contribution in [0.15, 0.2) is 41.0 Å². The second kappa shape index (κ2) is 9.26. The van der Waals surface area contributed by atoms with E-state index < -0.39 is 4.92 Å². The van der Waals surface area contributed by atoms with Crippen molar-refractivity contribution in [2.45, 2.75) is 44.2 Å². The molecule has 0 aliphatic carbocycles. The molecule has 2 fully saturated rings. The minimum Gasteiger partial charge on any atom is -0.464 e. The van der Waals surface area contributed by atoms with Crippen LogP contribution in [0.25, 0.3) is 11.0 Å². The number of nitro groups is 1. The van der Waals surface area contributed by atoms with Gasteiger partial charge in [-0.15, -0.1) is 0 Å². The molecule has 10 nitrogen and oxygen atoms in total. The fourth-order valence-corrected chi connectivity index (χ4v) is 5.74. The van der Waals surface area contributed by atoms with E-state index in [0.717, 1.165) is 19.3 Å². The third kappa shape index (κ3) is 4.22.